The molecule has 3 aliphatic heterocycles. The lowest BCUT2D eigenvalue weighted by Gasteiger charge is -2.26. The molecule has 37 heavy (non-hydrogen) atoms. The zero-order valence-corrected chi connectivity index (χ0v) is 21.2. The van der Waals surface area contributed by atoms with Gasteiger partial charge in [-0.15, -0.1) is 0 Å². The summed E-state index contributed by atoms with van der Waals surface area (Å²) in [7, 11) is 1.63. The molecule has 9 heteroatoms. The average molecular weight is 504 g/mol. The van der Waals surface area contributed by atoms with Crippen LogP contribution in [0.25, 0.3) is 10.9 Å². The second-order valence-corrected chi connectivity index (χ2v) is 9.85. The zero-order valence-electron chi connectivity index (χ0n) is 21.2. The van der Waals surface area contributed by atoms with Gasteiger partial charge in [0.2, 0.25) is 5.91 Å². The summed E-state index contributed by atoms with van der Waals surface area (Å²) in [6, 6.07) is 10.4. The van der Waals surface area contributed by atoms with E-state index < -0.39 is 5.92 Å². The van der Waals surface area contributed by atoms with Crippen LogP contribution >= 0.6 is 0 Å². The summed E-state index contributed by atoms with van der Waals surface area (Å²) in [4.78, 5) is 24.6. The van der Waals surface area contributed by atoms with Gasteiger partial charge in [0.15, 0.2) is 11.5 Å². The average Bonchev–Trinajstić information content (AvgIpc) is 3.58. The van der Waals surface area contributed by atoms with Gasteiger partial charge in [-0.05, 0) is 49.1 Å². The lowest BCUT2D eigenvalue weighted by Crippen LogP contribution is -2.37. The number of carbonyl (C=O) groups excluding carboxylic acids is 1. The second kappa shape index (κ2) is 10.6. The molecule has 2 unspecified atom stereocenters. The predicted octanol–water partition coefficient (Wildman–Crippen LogP) is 3.25. The van der Waals surface area contributed by atoms with Crippen LogP contribution in [0.5, 0.6) is 11.5 Å². The molecule has 0 bridgehead atoms. The van der Waals surface area contributed by atoms with Crippen LogP contribution in [0.15, 0.2) is 36.7 Å². The van der Waals surface area contributed by atoms with Crippen molar-refractivity contribution in [2.75, 3.05) is 58.4 Å². The molecule has 2 fully saturated rings. The van der Waals surface area contributed by atoms with Crippen molar-refractivity contribution in [2.24, 2.45) is 0 Å². The van der Waals surface area contributed by atoms with Gasteiger partial charge in [0.25, 0.3) is 0 Å². The van der Waals surface area contributed by atoms with Crippen LogP contribution in [-0.2, 0) is 9.53 Å². The molecule has 0 spiro atoms. The Bertz CT molecular complexity index is 1290. The molecule has 2 aromatic carbocycles. The molecule has 9 nitrogen and oxygen atoms in total. The van der Waals surface area contributed by atoms with Crippen LogP contribution in [0.4, 0.5) is 5.69 Å². The van der Waals surface area contributed by atoms with Gasteiger partial charge >= 0.3 is 0 Å². The summed E-state index contributed by atoms with van der Waals surface area (Å²) in [6.45, 7) is 6.11. The number of anilines is 1. The maximum atomic E-state index is 13.2. The number of fused-ring (bicyclic) bond motifs is 2. The molecule has 194 valence electrons. The van der Waals surface area contributed by atoms with E-state index in [1.54, 1.807) is 7.11 Å². The minimum atomic E-state index is -0.504. The monoisotopic (exact) mass is 503 g/mol. The Balaban J connectivity index is 1.24. The Morgan fingerprint density at radius 1 is 1.14 bits per heavy atom. The van der Waals surface area contributed by atoms with Crippen LogP contribution in [-0.4, -0.2) is 73.9 Å². The van der Waals surface area contributed by atoms with Crippen LogP contribution in [0.1, 0.15) is 48.0 Å². The smallest absolute Gasteiger partial charge is 0.238 e. The van der Waals surface area contributed by atoms with E-state index in [0.717, 1.165) is 74.4 Å². The van der Waals surface area contributed by atoms with Crippen molar-refractivity contribution < 1.29 is 19.0 Å². The highest BCUT2D eigenvalue weighted by Crippen LogP contribution is 2.42. The fourth-order valence-corrected chi connectivity index (χ4v) is 5.62. The van der Waals surface area contributed by atoms with E-state index in [9.17, 15) is 4.79 Å². The van der Waals surface area contributed by atoms with Crippen molar-refractivity contribution in [3.05, 3.63) is 53.5 Å². The van der Waals surface area contributed by atoms with Crippen molar-refractivity contribution in [2.45, 2.75) is 31.2 Å². The van der Waals surface area contributed by atoms with Crippen molar-refractivity contribution in [3.8, 4) is 11.5 Å². The van der Waals surface area contributed by atoms with E-state index in [4.69, 9.17) is 14.2 Å². The van der Waals surface area contributed by atoms with Crippen molar-refractivity contribution in [1.29, 1.82) is 0 Å². The lowest BCUT2D eigenvalue weighted by atomic mass is 9.92. The van der Waals surface area contributed by atoms with Crippen LogP contribution in [0.2, 0.25) is 0 Å². The van der Waals surface area contributed by atoms with E-state index in [-0.39, 0.29) is 5.91 Å². The summed E-state index contributed by atoms with van der Waals surface area (Å²) in [6.07, 6.45) is 4.72. The standard InChI is InChI=1S/C28H33N5O4/c1-35-24-15-20-22(16-25(24)37-11-3-8-33-9-12-36-13-10-33)30-17-31-27(20)26-19-6-5-18(21-4-2-7-29-21)14-23(19)32-28(26)34/h5-6,14-17,21,26,29H,2-4,7-13H2,1H3,(H,32,34). The molecule has 2 atom stereocenters. The van der Waals surface area contributed by atoms with E-state index in [0.29, 0.717) is 29.8 Å². The number of ether oxygens (including phenoxy) is 3. The largest absolute Gasteiger partial charge is 0.493 e. The first-order valence-corrected chi connectivity index (χ1v) is 13.1. The molecule has 3 aromatic rings. The molecule has 0 saturated carbocycles. The molecule has 2 saturated heterocycles. The molecule has 1 aromatic heterocycles. The van der Waals surface area contributed by atoms with Crippen molar-refractivity contribution in [3.63, 3.8) is 0 Å². The summed E-state index contributed by atoms with van der Waals surface area (Å²) < 4.78 is 17.2. The van der Waals surface area contributed by atoms with Crippen molar-refractivity contribution >= 4 is 22.5 Å². The van der Waals surface area contributed by atoms with E-state index in [2.05, 4.69) is 43.7 Å². The number of rotatable bonds is 8. The van der Waals surface area contributed by atoms with Crippen LogP contribution in [0, 0.1) is 0 Å². The van der Waals surface area contributed by atoms with Gasteiger partial charge in [-0.2, -0.15) is 0 Å². The normalized spacial score (nSPS) is 21.7. The Kier molecular flexibility index (Phi) is 6.91. The molecular weight excluding hydrogens is 470 g/mol. The van der Waals surface area contributed by atoms with Gasteiger partial charge in [0.05, 0.1) is 38.1 Å². The maximum absolute atomic E-state index is 13.2. The summed E-state index contributed by atoms with van der Waals surface area (Å²) in [5, 5.41) is 7.40. The van der Waals surface area contributed by atoms with E-state index in [1.807, 2.05) is 12.1 Å². The predicted molar refractivity (Wildman–Crippen MR) is 140 cm³/mol. The van der Waals surface area contributed by atoms with Crippen LogP contribution in [0.3, 0.4) is 0 Å². The molecule has 2 N–H and O–H groups in total. The Morgan fingerprint density at radius 2 is 2.03 bits per heavy atom. The third-order valence-electron chi connectivity index (χ3n) is 7.58. The number of benzene rings is 2. The maximum Gasteiger partial charge on any atom is 0.238 e. The number of aromatic nitrogens is 2. The number of hydrogen-bond donors (Lipinski definition) is 2. The molecule has 1 amide bonds. The summed E-state index contributed by atoms with van der Waals surface area (Å²) >= 11 is 0. The lowest BCUT2D eigenvalue weighted by molar-refractivity contribution is -0.116. The quantitative estimate of drug-likeness (QED) is 0.452. The third kappa shape index (κ3) is 4.86. The van der Waals surface area contributed by atoms with Gasteiger partial charge in [-0.1, -0.05) is 12.1 Å². The Hall–Kier alpha value is -3.27. The van der Waals surface area contributed by atoms with Crippen molar-refractivity contribution in [1.82, 2.24) is 20.2 Å². The number of hydrogen-bond acceptors (Lipinski definition) is 8. The topological polar surface area (TPSA) is 97.8 Å². The first kappa shape index (κ1) is 24.1. The molecule has 4 heterocycles. The number of carbonyl (C=O) groups is 1. The first-order valence-electron chi connectivity index (χ1n) is 13.1. The SMILES string of the molecule is COc1cc2c(C3C(=O)Nc4cc(C5CCCN5)ccc43)ncnc2cc1OCCCN1CCOCC1. The Morgan fingerprint density at radius 3 is 2.84 bits per heavy atom. The second-order valence-electron chi connectivity index (χ2n) is 9.85. The van der Waals surface area contributed by atoms with E-state index in [1.165, 1.54) is 18.3 Å². The highest BCUT2D eigenvalue weighted by molar-refractivity contribution is 6.07. The first-order chi connectivity index (χ1) is 18.2. The highest BCUT2D eigenvalue weighted by atomic mass is 16.5. The van der Waals surface area contributed by atoms with Gasteiger partial charge in [0.1, 0.15) is 12.2 Å². The van der Waals surface area contributed by atoms with Gasteiger partial charge in [-0.25, -0.2) is 9.97 Å². The Labute approximate surface area is 216 Å². The molecular formula is C28H33N5O4. The molecule has 0 radical (unpaired) electrons. The summed E-state index contributed by atoms with van der Waals surface area (Å²) in [5.41, 5.74) is 4.41. The molecule has 0 aliphatic carbocycles. The molecule has 6 rings (SSSR count). The minimum Gasteiger partial charge on any atom is -0.493 e. The number of morpholine rings is 1. The highest BCUT2D eigenvalue weighted by Gasteiger charge is 2.35. The third-order valence-corrected chi connectivity index (χ3v) is 7.58. The minimum absolute atomic E-state index is 0.0751. The van der Waals surface area contributed by atoms with Gasteiger partial charge in [0, 0.05) is 42.8 Å². The number of methoxy groups -OCH3 is 1. The number of amides is 1. The van der Waals surface area contributed by atoms with E-state index >= 15 is 0 Å². The number of nitrogens with zero attached hydrogens (tertiary/aromatic N) is 3. The molecule has 3 aliphatic rings. The fourth-order valence-electron chi connectivity index (χ4n) is 5.62. The number of nitrogens with one attached hydrogen (secondary N) is 2. The van der Waals surface area contributed by atoms with Crippen LogP contribution < -0.4 is 20.1 Å². The van der Waals surface area contributed by atoms with Gasteiger partial charge < -0.3 is 24.8 Å². The fraction of sp³-hybridized carbons (Fsp3) is 0.464. The van der Waals surface area contributed by atoms with Gasteiger partial charge in [-0.3, -0.25) is 9.69 Å². The summed E-state index contributed by atoms with van der Waals surface area (Å²) in [5.74, 6) is 0.674. The zero-order chi connectivity index (χ0) is 25.2.